The van der Waals surface area contributed by atoms with E-state index in [2.05, 4.69) is 0 Å². The van der Waals surface area contributed by atoms with Crippen molar-refractivity contribution in [2.45, 2.75) is 12.8 Å². The van der Waals surface area contributed by atoms with Gasteiger partial charge in [0.1, 0.15) is 5.82 Å². The highest BCUT2D eigenvalue weighted by atomic mass is 19.1. The van der Waals surface area contributed by atoms with Crippen LogP contribution < -0.4 is 0 Å². The molecule has 0 radical (unpaired) electrons. The van der Waals surface area contributed by atoms with Crippen LogP contribution >= 0.6 is 0 Å². The maximum atomic E-state index is 13.2. The Labute approximate surface area is 146 Å². The van der Waals surface area contributed by atoms with E-state index in [1.54, 1.807) is 28.0 Å². The molecule has 4 nitrogen and oxygen atoms in total. The highest BCUT2D eigenvalue weighted by Gasteiger charge is 2.24. The van der Waals surface area contributed by atoms with E-state index >= 15 is 0 Å². The molecular weight excluding hydrogens is 319 g/mol. The Morgan fingerprint density at radius 1 is 0.880 bits per heavy atom. The van der Waals surface area contributed by atoms with Gasteiger partial charge < -0.3 is 9.80 Å². The van der Waals surface area contributed by atoms with Gasteiger partial charge in [-0.25, -0.2) is 4.39 Å². The molecule has 2 aromatic rings. The summed E-state index contributed by atoms with van der Waals surface area (Å²) in [6, 6.07) is 15.5. The van der Waals surface area contributed by atoms with Gasteiger partial charge in [-0.2, -0.15) is 0 Å². The van der Waals surface area contributed by atoms with Crippen molar-refractivity contribution in [3.63, 3.8) is 0 Å². The van der Waals surface area contributed by atoms with E-state index in [0.717, 1.165) is 5.56 Å². The Bertz CT molecular complexity index is 740. The van der Waals surface area contributed by atoms with Gasteiger partial charge in [0.15, 0.2) is 0 Å². The van der Waals surface area contributed by atoms with E-state index in [1.807, 2.05) is 24.3 Å². The monoisotopic (exact) mass is 340 g/mol. The first-order valence-electron chi connectivity index (χ1n) is 8.50. The van der Waals surface area contributed by atoms with E-state index in [9.17, 15) is 14.0 Å². The molecule has 0 atom stereocenters. The fourth-order valence-electron chi connectivity index (χ4n) is 3.02. The molecule has 0 saturated carbocycles. The molecule has 0 aliphatic carbocycles. The topological polar surface area (TPSA) is 40.6 Å². The van der Waals surface area contributed by atoms with Crippen LogP contribution in [0.3, 0.4) is 0 Å². The van der Waals surface area contributed by atoms with Gasteiger partial charge in [0.2, 0.25) is 5.91 Å². The molecule has 0 aromatic heterocycles. The van der Waals surface area contributed by atoms with Crippen LogP contribution in [0.1, 0.15) is 22.3 Å². The molecule has 1 heterocycles. The van der Waals surface area contributed by atoms with Gasteiger partial charge in [-0.05, 0) is 36.2 Å². The number of piperazine rings is 1. The lowest BCUT2D eigenvalue weighted by Gasteiger charge is -2.35. The zero-order valence-corrected chi connectivity index (χ0v) is 14.0. The first-order chi connectivity index (χ1) is 12.1. The van der Waals surface area contributed by atoms with Crippen LogP contribution in [0.5, 0.6) is 0 Å². The second-order valence-corrected chi connectivity index (χ2v) is 6.17. The molecule has 1 fully saturated rings. The third-order valence-corrected chi connectivity index (χ3v) is 4.46. The Balaban J connectivity index is 1.48. The summed E-state index contributed by atoms with van der Waals surface area (Å²) < 4.78 is 13.2. The molecule has 1 aliphatic heterocycles. The quantitative estimate of drug-likeness (QED) is 0.859. The van der Waals surface area contributed by atoms with Crippen LogP contribution in [0, 0.1) is 5.82 Å². The van der Waals surface area contributed by atoms with Gasteiger partial charge >= 0.3 is 0 Å². The second kappa shape index (κ2) is 7.92. The van der Waals surface area contributed by atoms with Crippen LogP contribution in [0.2, 0.25) is 0 Å². The largest absolute Gasteiger partial charge is 0.339 e. The molecule has 25 heavy (non-hydrogen) atoms. The summed E-state index contributed by atoms with van der Waals surface area (Å²) >= 11 is 0. The molecule has 2 amide bonds. The number of hydrogen-bond donors (Lipinski definition) is 0. The lowest BCUT2D eigenvalue weighted by molar-refractivity contribution is -0.132. The van der Waals surface area contributed by atoms with Gasteiger partial charge in [-0.15, -0.1) is 0 Å². The minimum Gasteiger partial charge on any atom is -0.339 e. The molecule has 1 saturated heterocycles. The fourth-order valence-corrected chi connectivity index (χ4v) is 3.02. The summed E-state index contributed by atoms with van der Waals surface area (Å²) in [6.07, 6.45) is 0.885. The van der Waals surface area contributed by atoms with Crippen molar-refractivity contribution in [1.82, 2.24) is 9.80 Å². The third kappa shape index (κ3) is 4.44. The van der Waals surface area contributed by atoms with Crippen LogP contribution in [-0.4, -0.2) is 47.8 Å². The zero-order valence-electron chi connectivity index (χ0n) is 14.0. The maximum Gasteiger partial charge on any atom is 0.253 e. The normalized spacial score (nSPS) is 14.4. The molecule has 3 rings (SSSR count). The molecule has 130 valence electrons. The average molecular weight is 340 g/mol. The summed E-state index contributed by atoms with van der Waals surface area (Å²) in [5, 5.41) is 0. The van der Waals surface area contributed by atoms with E-state index < -0.39 is 0 Å². The van der Waals surface area contributed by atoms with Crippen LogP contribution in [0.15, 0.2) is 54.6 Å². The van der Waals surface area contributed by atoms with Crippen LogP contribution in [0.4, 0.5) is 4.39 Å². The number of carbonyl (C=O) groups excluding carboxylic acids is 2. The average Bonchev–Trinajstić information content (AvgIpc) is 2.66. The predicted octanol–water partition coefficient (Wildman–Crippen LogP) is 2.74. The summed E-state index contributed by atoms with van der Waals surface area (Å²) in [5.41, 5.74) is 1.50. The van der Waals surface area contributed by atoms with Crippen molar-refractivity contribution in [2.24, 2.45) is 0 Å². The van der Waals surface area contributed by atoms with Crippen molar-refractivity contribution in [2.75, 3.05) is 26.2 Å². The third-order valence-electron chi connectivity index (χ3n) is 4.46. The Morgan fingerprint density at radius 3 is 2.24 bits per heavy atom. The standard InChI is InChI=1S/C20H21FN2O2/c21-18-8-4-5-16(15-18)9-10-19(24)22-11-13-23(14-12-22)20(25)17-6-2-1-3-7-17/h1-8,15H,9-14H2. The van der Waals surface area contributed by atoms with Crippen molar-refractivity contribution in [1.29, 1.82) is 0 Å². The first-order valence-corrected chi connectivity index (χ1v) is 8.50. The number of hydrogen-bond acceptors (Lipinski definition) is 2. The fraction of sp³-hybridized carbons (Fsp3) is 0.300. The van der Waals surface area contributed by atoms with E-state index in [-0.39, 0.29) is 17.6 Å². The Hall–Kier alpha value is -2.69. The van der Waals surface area contributed by atoms with Crippen molar-refractivity contribution in [3.05, 3.63) is 71.5 Å². The number of rotatable bonds is 4. The zero-order chi connectivity index (χ0) is 17.6. The molecule has 1 aliphatic rings. The van der Waals surface area contributed by atoms with Crippen molar-refractivity contribution >= 4 is 11.8 Å². The summed E-state index contributed by atoms with van der Waals surface area (Å²) in [5.74, 6) is -0.221. The molecule has 0 bridgehead atoms. The summed E-state index contributed by atoms with van der Waals surface area (Å²) in [4.78, 5) is 28.3. The minimum absolute atomic E-state index is 0.00691. The predicted molar refractivity (Wildman–Crippen MR) is 93.6 cm³/mol. The van der Waals surface area contributed by atoms with Gasteiger partial charge in [-0.1, -0.05) is 30.3 Å². The van der Waals surface area contributed by atoms with E-state index in [1.165, 1.54) is 12.1 Å². The highest BCUT2D eigenvalue weighted by Crippen LogP contribution is 2.11. The molecule has 0 spiro atoms. The van der Waals surface area contributed by atoms with Gasteiger partial charge in [-0.3, -0.25) is 9.59 Å². The number of amides is 2. The molecule has 5 heteroatoms. The van der Waals surface area contributed by atoms with Crippen molar-refractivity contribution in [3.8, 4) is 0 Å². The second-order valence-electron chi connectivity index (χ2n) is 6.17. The molecule has 0 N–H and O–H groups in total. The number of aryl methyl sites for hydroxylation is 1. The smallest absolute Gasteiger partial charge is 0.253 e. The van der Waals surface area contributed by atoms with Gasteiger partial charge in [0, 0.05) is 38.2 Å². The van der Waals surface area contributed by atoms with E-state index in [4.69, 9.17) is 0 Å². The van der Waals surface area contributed by atoms with Gasteiger partial charge in [0.25, 0.3) is 5.91 Å². The highest BCUT2D eigenvalue weighted by molar-refractivity contribution is 5.94. The number of halogens is 1. The lowest BCUT2D eigenvalue weighted by atomic mass is 10.1. The van der Waals surface area contributed by atoms with Crippen LogP contribution in [0.25, 0.3) is 0 Å². The summed E-state index contributed by atoms with van der Waals surface area (Å²) in [7, 11) is 0. The lowest BCUT2D eigenvalue weighted by Crippen LogP contribution is -2.50. The minimum atomic E-state index is -0.280. The van der Waals surface area contributed by atoms with Crippen molar-refractivity contribution < 1.29 is 14.0 Å². The Morgan fingerprint density at radius 2 is 1.56 bits per heavy atom. The summed E-state index contributed by atoms with van der Waals surface area (Å²) in [6.45, 7) is 2.17. The molecular formula is C20H21FN2O2. The SMILES string of the molecule is O=C(CCc1cccc(F)c1)N1CCN(C(=O)c2ccccc2)CC1. The number of benzene rings is 2. The maximum absolute atomic E-state index is 13.2. The molecule has 2 aromatic carbocycles. The number of nitrogens with zero attached hydrogens (tertiary/aromatic N) is 2. The van der Waals surface area contributed by atoms with Crippen LogP contribution in [-0.2, 0) is 11.2 Å². The van der Waals surface area contributed by atoms with Gasteiger partial charge in [0.05, 0.1) is 0 Å². The Kier molecular flexibility index (Phi) is 5.43. The number of carbonyl (C=O) groups is 2. The first kappa shape index (κ1) is 17.1. The van der Waals surface area contributed by atoms with E-state index in [0.29, 0.717) is 44.6 Å². The molecule has 0 unspecified atom stereocenters.